The van der Waals surface area contributed by atoms with E-state index in [-0.39, 0.29) is 12.1 Å². The predicted molar refractivity (Wildman–Crippen MR) is 109 cm³/mol. The van der Waals surface area contributed by atoms with Crippen molar-refractivity contribution in [2.45, 2.75) is 38.8 Å². The maximum Gasteiger partial charge on any atom is 0.411 e. The van der Waals surface area contributed by atoms with Crippen LogP contribution in [-0.4, -0.2) is 23.1 Å². The monoisotopic (exact) mass is 413 g/mol. The number of nitrogens with zero attached hydrogens (tertiary/aromatic N) is 1. The van der Waals surface area contributed by atoms with Gasteiger partial charge >= 0.3 is 6.09 Å². The standard InChI is InChI=1S/C22H24BrNO2/c1-22(2,3)26-21(25)24-14-13-17-10-11-18(23)15-19(17)20(24)12-9-16-7-5-4-6-8-16/h4-12,15,20H,13-14H2,1-3H3/b12-9+/t20-/m1/s1. The first-order valence-electron chi connectivity index (χ1n) is 8.85. The number of rotatable bonds is 2. The van der Waals surface area contributed by atoms with Crippen LogP contribution in [0, 0.1) is 0 Å². The SMILES string of the molecule is CC(C)(C)OC(=O)N1CCc2ccc(Br)cc2[C@H]1/C=C/c1ccccc1. The van der Waals surface area contributed by atoms with Gasteiger partial charge in [-0.05, 0) is 56.0 Å². The molecule has 2 aromatic carbocycles. The van der Waals surface area contributed by atoms with Gasteiger partial charge in [0.15, 0.2) is 0 Å². The molecule has 0 aromatic heterocycles. The van der Waals surface area contributed by atoms with E-state index in [9.17, 15) is 4.79 Å². The predicted octanol–water partition coefficient (Wildman–Crippen LogP) is 6.00. The molecule has 136 valence electrons. The number of halogens is 1. The van der Waals surface area contributed by atoms with Crippen LogP contribution < -0.4 is 0 Å². The molecule has 0 fully saturated rings. The second kappa shape index (κ2) is 7.67. The third-order valence-corrected chi connectivity index (χ3v) is 4.78. The Morgan fingerprint density at radius 2 is 1.92 bits per heavy atom. The Balaban J connectivity index is 1.96. The molecule has 1 atom stereocenters. The van der Waals surface area contributed by atoms with E-state index in [4.69, 9.17) is 4.74 Å². The summed E-state index contributed by atoms with van der Waals surface area (Å²) in [6.07, 6.45) is 4.71. The third kappa shape index (κ3) is 4.55. The maximum atomic E-state index is 12.8. The molecule has 26 heavy (non-hydrogen) atoms. The van der Waals surface area contributed by atoms with Gasteiger partial charge in [0.25, 0.3) is 0 Å². The molecule has 4 heteroatoms. The molecular weight excluding hydrogens is 390 g/mol. The van der Waals surface area contributed by atoms with E-state index >= 15 is 0 Å². The molecule has 0 saturated carbocycles. The van der Waals surface area contributed by atoms with Crippen LogP contribution in [0.5, 0.6) is 0 Å². The number of amides is 1. The van der Waals surface area contributed by atoms with E-state index in [1.165, 1.54) is 5.56 Å². The molecule has 0 bridgehead atoms. The summed E-state index contributed by atoms with van der Waals surface area (Å²) in [6.45, 7) is 6.34. The van der Waals surface area contributed by atoms with Crippen LogP contribution in [0.15, 0.2) is 59.1 Å². The molecule has 3 rings (SSSR count). The molecule has 2 aromatic rings. The normalized spacial score (nSPS) is 17.2. The van der Waals surface area contributed by atoms with Crippen molar-refractivity contribution in [2.24, 2.45) is 0 Å². The van der Waals surface area contributed by atoms with Crippen molar-refractivity contribution >= 4 is 28.1 Å². The van der Waals surface area contributed by atoms with Crippen LogP contribution in [-0.2, 0) is 11.2 Å². The molecule has 1 amide bonds. The van der Waals surface area contributed by atoms with E-state index in [1.54, 1.807) is 0 Å². The Morgan fingerprint density at radius 3 is 2.62 bits per heavy atom. The molecule has 3 nitrogen and oxygen atoms in total. The van der Waals surface area contributed by atoms with Crippen molar-refractivity contribution < 1.29 is 9.53 Å². The Kier molecular flexibility index (Phi) is 5.52. The quantitative estimate of drug-likeness (QED) is 0.604. The van der Waals surface area contributed by atoms with Gasteiger partial charge < -0.3 is 4.74 Å². The zero-order chi connectivity index (χ0) is 18.7. The van der Waals surface area contributed by atoms with Gasteiger partial charge in [-0.3, -0.25) is 4.90 Å². The number of ether oxygens (including phenoxy) is 1. The van der Waals surface area contributed by atoms with Gasteiger partial charge in [0, 0.05) is 11.0 Å². The Morgan fingerprint density at radius 1 is 1.19 bits per heavy atom. The highest BCUT2D eigenvalue weighted by molar-refractivity contribution is 9.10. The fourth-order valence-corrected chi connectivity index (χ4v) is 3.49. The number of hydrogen-bond donors (Lipinski definition) is 0. The molecular formula is C22H24BrNO2. The van der Waals surface area contributed by atoms with Crippen molar-refractivity contribution in [1.29, 1.82) is 0 Å². The summed E-state index contributed by atoms with van der Waals surface area (Å²) in [6, 6.07) is 16.3. The third-order valence-electron chi connectivity index (χ3n) is 4.28. The van der Waals surface area contributed by atoms with Crippen molar-refractivity contribution in [3.8, 4) is 0 Å². The van der Waals surface area contributed by atoms with E-state index in [0.29, 0.717) is 6.54 Å². The lowest BCUT2D eigenvalue weighted by atomic mass is 9.92. The fraction of sp³-hybridized carbons (Fsp3) is 0.318. The Hall–Kier alpha value is -2.07. The minimum atomic E-state index is -0.512. The number of hydrogen-bond acceptors (Lipinski definition) is 2. The Labute approximate surface area is 163 Å². The summed E-state index contributed by atoms with van der Waals surface area (Å²) in [4.78, 5) is 14.6. The van der Waals surface area contributed by atoms with Crippen molar-refractivity contribution in [3.63, 3.8) is 0 Å². The molecule has 1 aliphatic heterocycles. The lowest BCUT2D eigenvalue weighted by Gasteiger charge is -2.37. The smallest absolute Gasteiger partial charge is 0.411 e. The number of benzene rings is 2. The highest BCUT2D eigenvalue weighted by Gasteiger charge is 2.32. The zero-order valence-corrected chi connectivity index (χ0v) is 17.0. The van der Waals surface area contributed by atoms with Gasteiger partial charge in [-0.15, -0.1) is 0 Å². The van der Waals surface area contributed by atoms with E-state index < -0.39 is 5.60 Å². The molecule has 0 spiro atoms. The molecule has 0 unspecified atom stereocenters. The highest BCUT2D eigenvalue weighted by atomic mass is 79.9. The van der Waals surface area contributed by atoms with E-state index in [1.807, 2.05) is 43.9 Å². The number of carbonyl (C=O) groups excluding carboxylic acids is 1. The van der Waals surface area contributed by atoms with E-state index in [2.05, 4.69) is 58.4 Å². The van der Waals surface area contributed by atoms with Crippen molar-refractivity contribution in [1.82, 2.24) is 4.90 Å². The van der Waals surface area contributed by atoms with Crippen LogP contribution in [0.3, 0.4) is 0 Å². The van der Waals surface area contributed by atoms with E-state index in [0.717, 1.165) is 22.0 Å². The highest BCUT2D eigenvalue weighted by Crippen LogP contribution is 2.34. The molecule has 0 saturated heterocycles. The summed E-state index contributed by atoms with van der Waals surface area (Å²) in [7, 11) is 0. The first-order chi connectivity index (χ1) is 12.3. The van der Waals surface area contributed by atoms with Gasteiger partial charge in [0.2, 0.25) is 0 Å². The Bertz CT molecular complexity index is 809. The minimum Gasteiger partial charge on any atom is -0.444 e. The molecule has 0 N–H and O–H groups in total. The molecule has 1 aliphatic rings. The lowest BCUT2D eigenvalue weighted by molar-refractivity contribution is 0.0185. The second-order valence-electron chi connectivity index (χ2n) is 7.48. The van der Waals surface area contributed by atoms with Gasteiger partial charge in [-0.2, -0.15) is 0 Å². The number of fused-ring (bicyclic) bond motifs is 1. The van der Waals surface area contributed by atoms with Crippen molar-refractivity contribution in [3.05, 3.63) is 75.8 Å². The molecule has 0 aliphatic carbocycles. The lowest BCUT2D eigenvalue weighted by Crippen LogP contribution is -2.42. The summed E-state index contributed by atoms with van der Waals surface area (Å²) < 4.78 is 6.66. The second-order valence-corrected chi connectivity index (χ2v) is 8.40. The van der Waals surface area contributed by atoms with Crippen LogP contribution in [0.4, 0.5) is 4.79 Å². The van der Waals surface area contributed by atoms with Crippen molar-refractivity contribution in [2.75, 3.05) is 6.54 Å². The fourth-order valence-electron chi connectivity index (χ4n) is 3.12. The molecule has 1 heterocycles. The molecule has 0 radical (unpaired) electrons. The van der Waals surface area contributed by atoms with Gasteiger partial charge in [-0.25, -0.2) is 4.79 Å². The van der Waals surface area contributed by atoms with Gasteiger partial charge in [-0.1, -0.05) is 64.5 Å². The maximum absolute atomic E-state index is 12.8. The van der Waals surface area contributed by atoms with Crippen LogP contribution in [0.25, 0.3) is 6.08 Å². The number of carbonyl (C=O) groups is 1. The van der Waals surface area contributed by atoms with Gasteiger partial charge in [0.05, 0.1) is 6.04 Å². The van der Waals surface area contributed by atoms with Gasteiger partial charge in [0.1, 0.15) is 5.60 Å². The summed E-state index contributed by atoms with van der Waals surface area (Å²) in [5, 5.41) is 0. The largest absolute Gasteiger partial charge is 0.444 e. The zero-order valence-electron chi connectivity index (χ0n) is 15.4. The summed E-state index contributed by atoms with van der Waals surface area (Å²) >= 11 is 3.56. The summed E-state index contributed by atoms with van der Waals surface area (Å²) in [5.74, 6) is 0. The summed E-state index contributed by atoms with van der Waals surface area (Å²) in [5.41, 5.74) is 3.01. The van der Waals surface area contributed by atoms with Crippen LogP contribution >= 0.6 is 15.9 Å². The van der Waals surface area contributed by atoms with Crippen LogP contribution in [0.2, 0.25) is 0 Å². The van der Waals surface area contributed by atoms with Crippen LogP contribution in [0.1, 0.15) is 43.5 Å². The first-order valence-corrected chi connectivity index (χ1v) is 9.64. The average molecular weight is 414 g/mol. The average Bonchev–Trinajstić information content (AvgIpc) is 2.59. The minimum absolute atomic E-state index is 0.147. The topological polar surface area (TPSA) is 29.5 Å². The first kappa shape index (κ1) is 18.7.